The average molecular weight is 412 g/mol. The number of nitrogens with zero attached hydrogens (tertiary/aromatic N) is 3. The van der Waals surface area contributed by atoms with Crippen molar-refractivity contribution in [1.29, 1.82) is 0 Å². The van der Waals surface area contributed by atoms with E-state index >= 15 is 0 Å². The molecule has 0 saturated heterocycles. The Bertz CT molecular complexity index is 1230. The maximum Gasteiger partial charge on any atom is 0.279 e. The first-order valence-corrected chi connectivity index (χ1v) is 10.9. The summed E-state index contributed by atoms with van der Waals surface area (Å²) < 4.78 is 9.79. The fourth-order valence-corrected chi connectivity index (χ4v) is 5.27. The van der Waals surface area contributed by atoms with Gasteiger partial charge in [0.1, 0.15) is 0 Å². The third-order valence-electron chi connectivity index (χ3n) is 4.55. The molecule has 0 atom stereocenters. The zero-order valence-electron chi connectivity index (χ0n) is 16.1. The number of aryl methyl sites for hydroxylation is 2. The molecule has 4 rings (SSSR count). The van der Waals surface area contributed by atoms with Crippen molar-refractivity contribution in [3.63, 3.8) is 0 Å². The molecule has 0 N–H and O–H groups in total. The number of hydrogen-bond acceptors (Lipinski definition) is 5. The summed E-state index contributed by atoms with van der Waals surface area (Å²) in [5.41, 5.74) is 6.79. The van der Waals surface area contributed by atoms with Gasteiger partial charge in [0.2, 0.25) is 0 Å². The molecule has 0 saturated carbocycles. The molecule has 0 unspecified atom stereocenters. The highest BCUT2D eigenvalue weighted by atomic mass is 32.1. The van der Waals surface area contributed by atoms with Crippen LogP contribution in [0.4, 0.5) is 0 Å². The number of carbonyl (C=O) groups excluding carboxylic acids is 1. The van der Waals surface area contributed by atoms with Gasteiger partial charge in [-0.25, -0.2) is 4.98 Å². The minimum absolute atomic E-state index is 0.235. The molecule has 144 valence electrons. The van der Waals surface area contributed by atoms with Crippen molar-refractivity contribution in [1.82, 2.24) is 9.55 Å². The molecule has 5 nitrogen and oxygen atoms in total. The number of hydrogen-bond donors (Lipinski definition) is 0. The van der Waals surface area contributed by atoms with Gasteiger partial charge in [-0.1, -0.05) is 17.4 Å². The van der Waals surface area contributed by atoms with Crippen LogP contribution < -0.4 is 4.80 Å². The van der Waals surface area contributed by atoms with E-state index in [0.717, 1.165) is 20.4 Å². The number of ether oxygens (including phenoxy) is 1. The highest BCUT2D eigenvalue weighted by molar-refractivity contribution is 7.17. The SMILES string of the molecule is CCOCCn1c(=NC(=O)c2ccc3ncsc3c2)sc2cc(C)cc(C)c21. The minimum Gasteiger partial charge on any atom is -0.380 e. The molecular weight excluding hydrogens is 390 g/mol. The van der Waals surface area contributed by atoms with Crippen molar-refractivity contribution in [2.24, 2.45) is 4.99 Å². The molecule has 0 bridgehead atoms. The fourth-order valence-electron chi connectivity index (χ4n) is 3.32. The highest BCUT2D eigenvalue weighted by Gasteiger charge is 2.12. The second-order valence-corrected chi connectivity index (χ2v) is 8.51. The van der Waals surface area contributed by atoms with Crippen molar-refractivity contribution < 1.29 is 9.53 Å². The van der Waals surface area contributed by atoms with E-state index in [2.05, 4.69) is 40.5 Å². The monoisotopic (exact) mass is 411 g/mol. The predicted molar refractivity (Wildman–Crippen MR) is 115 cm³/mol. The summed E-state index contributed by atoms with van der Waals surface area (Å²) in [4.78, 5) is 22.3. The normalized spacial score (nSPS) is 12.3. The molecule has 2 aromatic heterocycles. The number of aromatic nitrogens is 2. The van der Waals surface area contributed by atoms with Crippen LogP contribution >= 0.6 is 22.7 Å². The molecular formula is C21H21N3O2S2. The van der Waals surface area contributed by atoms with Gasteiger partial charge in [-0.05, 0) is 56.2 Å². The Morgan fingerprint density at radius 2 is 2.07 bits per heavy atom. The molecule has 2 heterocycles. The van der Waals surface area contributed by atoms with E-state index in [4.69, 9.17) is 4.74 Å². The lowest BCUT2D eigenvalue weighted by Gasteiger charge is -2.08. The first-order valence-electron chi connectivity index (χ1n) is 9.17. The van der Waals surface area contributed by atoms with Gasteiger partial charge in [0.25, 0.3) is 5.91 Å². The van der Waals surface area contributed by atoms with Crippen LogP contribution in [-0.2, 0) is 11.3 Å². The quantitative estimate of drug-likeness (QED) is 0.447. The minimum atomic E-state index is -0.235. The van der Waals surface area contributed by atoms with Crippen molar-refractivity contribution in [2.45, 2.75) is 27.3 Å². The van der Waals surface area contributed by atoms with Crippen molar-refractivity contribution >= 4 is 49.0 Å². The van der Waals surface area contributed by atoms with Crippen LogP contribution in [0, 0.1) is 13.8 Å². The van der Waals surface area contributed by atoms with Crippen LogP contribution in [0.15, 0.2) is 40.8 Å². The third kappa shape index (κ3) is 3.65. The summed E-state index contributed by atoms with van der Waals surface area (Å²) in [6.07, 6.45) is 0. The maximum absolute atomic E-state index is 12.9. The summed E-state index contributed by atoms with van der Waals surface area (Å²) in [5, 5.41) is 0. The van der Waals surface area contributed by atoms with Gasteiger partial charge in [-0.3, -0.25) is 4.79 Å². The highest BCUT2D eigenvalue weighted by Crippen LogP contribution is 2.24. The fraction of sp³-hybridized carbons (Fsp3) is 0.286. The maximum atomic E-state index is 12.9. The van der Waals surface area contributed by atoms with Gasteiger partial charge < -0.3 is 9.30 Å². The van der Waals surface area contributed by atoms with E-state index in [9.17, 15) is 4.79 Å². The molecule has 1 amide bonds. The van der Waals surface area contributed by atoms with Crippen molar-refractivity contribution in [3.8, 4) is 0 Å². The first-order chi connectivity index (χ1) is 13.6. The van der Waals surface area contributed by atoms with Gasteiger partial charge in [0.05, 0.1) is 32.6 Å². The second kappa shape index (κ2) is 7.95. The molecule has 28 heavy (non-hydrogen) atoms. The standard InChI is InChI=1S/C21H21N3O2S2/c1-4-26-8-7-24-19-14(3)9-13(2)10-18(19)28-21(24)23-20(25)15-5-6-16-17(11-15)27-12-22-16/h5-6,9-12H,4,7-8H2,1-3H3. The molecule has 0 aliphatic carbocycles. The smallest absolute Gasteiger partial charge is 0.279 e. The summed E-state index contributed by atoms with van der Waals surface area (Å²) in [5.74, 6) is -0.235. The molecule has 0 spiro atoms. The van der Waals surface area contributed by atoms with Crippen LogP contribution in [0.2, 0.25) is 0 Å². The Kier molecular flexibility index (Phi) is 5.39. The number of thiazole rings is 2. The van der Waals surface area contributed by atoms with Crippen LogP contribution in [0.3, 0.4) is 0 Å². The van der Waals surface area contributed by atoms with E-state index < -0.39 is 0 Å². The zero-order chi connectivity index (χ0) is 19.7. The number of benzene rings is 2. The molecule has 0 fully saturated rings. The van der Waals surface area contributed by atoms with Crippen LogP contribution in [0.25, 0.3) is 20.4 Å². The zero-order valence-corrected chi connectivity index (χ0v) is 17.7. The lowest BCUT2D eigenvalue weighted by atomic mass is 10.1. The van der Waals surface area contributed by atoms with Gasteiger partial charge >= 0.3 is 0 Å². The number of rotatable bonds is 5. The average Bonchev–Trinajstić information content (AvgIpc) is 3.26. The van der Waals surface area contributed by atoms with Crippen LogP contribution in [-0.4, -0.2) is 28.7 Å². The number of fused-ring (bicyclic) bond motifs is 2. The number of amides is 1. The topological polar surface area (TPSA) is 56.5 Å². The van der Waals surface area contributed by atoms with Gasteiger partial charge in [-0.2, -0.15) is 4.99 Å². The van der Waals surface area contributed by atoms with Gasteiger partial charge in [-0.15, -0.1) is 11.3 Å². The predicted octanol–water partition coefficient (Wildman–Crippen LogP) is 4.71. The van der Waals surface area contributed by atoms with E-state index in [-0.39, 0.29) is 5.91 Å². The van der Waals surface area contributed by atoms with Crippen LogP contribution in [0.1, 0.15) is 28.4 Å². The van der Waals surface area contributed by atoms with E-state index in [1.807, 2.05) is 19.1 Å². The summed E-state index contributed by atoms with van der Waals surface area (Å²) in [7, 11) is 0. The second-order valence-electron chi connectivity index (χ2n) is 6.61. The van der Waals surface area contributed by atoms with Gasteiger partial charge in [0, 0.05) is 18.7 Å². The Hall–Kier alpha value is -2.35. The Labute approximate surface area is 171 Å². The first kappa shape index (κ1) is 19.0. The molecule has 0 aliphatic heterocycles. The van der Waals surface area contributed by atoms with Crippen molar-refractivity contribution in [2.75, 3.05) is 13.2 Å². The number of carbonyl (C=O) groups is 1. The third-order valence-corrected chi connectivity index (χ3v) is 6.37. The largest absolute Gasteiger partial charge is 0.380 e. The molecule has 7 heteroatoms. The molecule has 0 aliphatic rings. The lowest BCUT2D eigenvalue weighted by molar-refractivity contribution is 0.0997. The van der Waals surface area contributed by atoms with Gasteiger partial charge in [0.15, 0.2) is 4.80 Å². The molecule has 4 aromatic rings. The molecule has 2 aromatic carbocycles. The Morgan fingerprint density at radius 3 is 2.89 bits per heavy atom. The van der Waals surface area contributed by atoms with E-state index in [1.54, 1.807) is 22.9 Å². The summed E-state index contributed by atoms with van der Waals surface area (Å²) in [6, 6.07) is 9.84. The molecule has 0 radical (unpaired) electrons. The van der Waals surface area contributed by atoms with E-state index in [0.29, 0.717) is 30.1 Å². The lowest BCUT2D eigenvalue weighted by Crippen LogP contribution is -2.20. The summed E-state index contributed by atoms with van der Waals surface area (Å²) >= 11 is 3.07. The van der Waals surface area contributed by atoms with Crippen molar-refractivity contribution in [3.05, 3.63) is 57.3 Å². The summed E-state index contributed by atoms with van der Waals surface area (Å²) in [6.45, 7) is 8.09. The van der Waals surface area contributed by atoms with E-state index in [1.165, 1.54) is 22.5 Å². The Balaban J connectivity index is 1.82. The van der Waals surface area contributed by atoms with Crippen LogP contribution in [0.5, 0.6) is 0 Å². The Morgan fingerprint density at radius 1 is 1.21 bits per heavy atom.